The van der Waals surface area contributed by atoms with Gasteiger partial charge in [0.05, 0.1) is 12.0 Å². The maximum Gasteiger partial charge on any atom is 0.179 e. The van der Waals surface area contributed by atoms with Crippen molar-refractivity contribution in [3.8, 4) is 0 Å². The summed E-state index contributed by atoms with van der Waals surface area (Å²) in [5.41, 5.74) is -6.54. The molecular formula is C22H27ClF2O4. The van der Waals surface area contributed by atoms with Crippen LogP contribution >= 0.6 is 11.6 Å². The molecule has 3 saturated carbocycles. The number of aliphatic hydroxyl groups is 2. The molecule has 4 aliphatic rings. The van der Waals surface area contributed by atoms with Gasteiger partial charge in [-0.2, -0.15) is 0 Å². The minimum Gasteiger partial charge on any atom is -0.390 e. The van der Waals surface area contributed by atoms with Crippen molar-refractivity contribution in [3.05, 3.63) is 23.8 Å². The van der Waals surface area contributed by atoms with Crippen molar-refractivity contribution in [1.29, 1.82) is 0 Å². The first-order chi connectivity index (χ1) is 13.4. The molecule has 0 unspecified atom stereocenters. The van der Waals surface area contributed by atoms with Gasteiger partial charge < -0.3 is 10.2 Å². The number of hydrogen-bond acceptors (Lipinski definition) is 4. The van der Waals surface area contributed by atoms with Crippen LogP contribution in [0.15, 0.2) is 23.8 Å². The molecule has 0 aromatic rings. The molecule has 0 spiro atoms. The van der Waals surface area contributed by atoms with Gasteiger partial charge in [-0.25, -0.2) is 8.78 Å². The predicted molar refractivity (Wildman–Crippen MR) is 104 cm³/mol. The second-order valence-corrected chi connectivity index (χ2v) is 10.1. The lowest BCUT2D eigenvalue weighted by atomic mass is 9.44. The number of fused-ring (bicyclic) bond motifs is 5. The molecule has 0 aromatic carbocycles. The van der Waals surface area contributed by atoms with Gasteiger partial charge in [-0.05, 0) is 55.7 Å². The second-order valence-electron chi connectivity index (χ2n) is 9.82. The van der Waals surface area contributed by atoms with Crippen molar-refractivity contribution < 1.29 is 28.6 Å². The Morgan fingerprint density at radius 3 is 2.59 bits per heavy atom. The molecule has 9 atom stereocenters. The summed E-state index contributed by atoms with van der Waals surface area (Å²) in [6.45, 7) is 4.94. The minimum absolute atomic E-state index is 0.0598. The molecule has 0 radical (unpaired) electrons. The maximum absolute atomic E-state index is 16.9. The molecular weight excluding hydrogens is 402 g/mol. The first kappa shape index (κ1) is 21.1. The summed E-state index contributed by atoms with van der Waals surface area (Å²) in [7, 11) is 0. The van der Waals surface area contributed by atoms with Gasteiger partial charge in [0.1, 0.15) is 11.8 Å². The number of carbonyl (C=O) groups is 2. The Bertz CT molecular complexity index is 843. The smallest absolute Gasteiger partial charge is 0.179 e. The molecule has 0 saturated heterocycles. The lowest BCUT2D eigenvalue weighted by Gasteiger charge is -2.63. The third kappa shape index (κ3) is 2.26. The summed E-state index contributed by atoms with van der Waals surface area (Å²) in [5, 5.41) is 22.5. The molecule has 0 aliphatic heterocycles. The van der Waals surface area contributed by atoms with Gasteiger partial charge in [-0.1, -0.05) is 19.9 Å². The Morgan fingerprint density at radius 1 is 1.31 bits per heavy atom. The lowest BCUT2D eigenvalue weighted by Crippen LogP contribution is -2.70. The lowest BCUT2D eigenvalue weighted by molar-refractivity contribution is -0.222. The van der Waals surface area contributed by atoms with E-state index in [1.807, 2.05) is 0 Å². The molecule has 29 heavy (non-hydrogen) atoms. The zero-order valence-electron chi connectivity index (χ0n) is 16.8. The highest BCUT2D eigenvalue weighted by molar-refractivity contribution is 6.29. The molecule has 0 amide bonds. The van der Waals surface area contributed by atoms with Gasteiger partial charge in [0.25, 0.3) is 0 Å². The minimum atomic E-state index is -2.21. The van der Waals surface area contributed by atoms with Gasteiger partial charge in [0.15, 0.2) is 17.2 Å². The van der Waals surface area contributed by atoms with Gasteiger partial charge in [0.2, 0.25) is 0 Å². The first-order valence-electron chi connectivity index (χ1n) is 10.2. The average Bonchev–Trinajstić information content (AvgIpc) is 2.86. The Balaban J connectivity index is 1.87. The monoisotopic (exact) mass is 428 g/mol. The van der Waals surface area contributed by atoms with Crippen LogP contribution in [0.25, 0.3) is 0 Å². The summed E-state index contributed by atoms with van der Waals surface area (Å²) in [6.07, 6.45) is 0.674. The molecule has 2 N–H and O–H groups in total. The standard InChI is InChI=1S/C22H27ClF2O4/c1-11-6-13-14-8-16(24)15-7-12(26)4-5-19(15,2)21(14,25)17(27)9-20(13,3)22(11,29)18(28)10-23/h4-5,7,11,13-14,16-17,27,29H,6,8-10H2,1-3H3/t11-,13-,14-,16-,17-,19-,20-,21-,22-/m0/s1. The highest BCUT2D eigenvalue weighted by Gasteiger charge is 2.76. The largest absolute Gasteiger partial charge is 0.390 e. The van der Waals surface area contributed by atoms with E-state index in [4.69, 9.17) is 11.6 Å². The van der Waals surface area contributed by atoms with Crippen molar-refractivity contribution in [1.82, 2.24) is 0 Å². The third-order valence-corrected chi connectivity index (χ3v) is 9.00. The van der Waals surface area contributed by atoms with Gasteiger partial charge in [-0.3, -0.25) is 9.59 Å². The van der Waals surface area contributed by atoms with Crippen molar-refractivity contribution in [2.75, 3.05) is 5.88 Å². The number of aliphatic hydroxyl groups excluding tert-OH is 1. The highest BCUT2D eigenvalue weighted by Crippen LogP contribution is 2.70. The molecule has 3 fully saturated rings. The third-order valence-electron chi connectivity index (χ3n) is 8.76. The summed E-state index contributed by atoms with van der Waals surface area (Å²) in [6, 6.07) is 0. The number of hydrogen-bond donors (Lipinski definition) is 2. The zero-order valence-corrected chi connectivity index (χ0v) is 17.5. The molecule has 0 bridgehead atoms. The van der Waals surface area contributed by atoms with Gasteiger partial charge >= 0.3 is 0 Å². The van der Waals surface area contributed by atoms with E-state index >= 15 is 8.78 Å². The summed E-state index contributed by atoms with van der Waals surface area (Å²) >= 11 is 5.78. The number of allylic oxidation sites excluding steroid dienone is 4. The van der Waals surface area contributed by atoms with Crippen molar-refractivity contribution in [2.24, 2.45) is 28.6 Å². The van der Waals surface area contributed by atoms with Crippen LogP contribution in [-0.4, -0.2) is 51.2 Å². The molecule has 0 heterocycles. The van der Waals surface area contributed by atoms with E-state index in [1.54, 1.807) is 13.8 Å². The van der Waals surface area contributed by atoms with Gasteiger partial charge in [-0.15, -0.1) is 11.6 Å². The number of ketones is 2. The Labute approximate surface area is 174 Å². The first-order valence-corrected chi connectivity index (χ1v) is 10.7. The number of carbonyl (C=O) groups excluding carboxylic acids is 2. The van der Waals surface area contributed by atoms with E-state index in [1.165, 1.54) is 19.1 Å². The molecule has 4 aliphatic carbocycles. The average molecular weight is 429 g/mol. The fourth-order valence-electron chi connectivity index (χ4n) is 7.24. The number of rotatable bonds is 2. The van der Waals surface area contributed by atoms with E-state index in [2.05, 4.69) is 0 Å². The second kappa shape index (κ2) is 6.21. The van der Waals surface area contributed by atoms with Crippen LogP contribution in [0.4, 0.5) is 8.78 Å². The molecule has 0 aromatic heterocycles. The van der Waals surface area contributed by atoms with E-state index < -0.39 is 63.7 Å². The van der Waals surface area contributed by atoms with Crippen LogP contribution in [0.1, 0.15) is 40.0 Å². The summed E-state index contributed by atoms with van der Waals surface area (Å²) in [5.74, 6) is -3.24. The molecule has 4 nitrogen and oxygen atoms in total. The van der Waals surface area contributed by atoms with Crippen LogP contribution in [-0.2, 0) is 9.59 Å². The fraction of sp³-hybridized carbons (Fsp3) is 0.727. The fourth-order valence-corrected chi connectivity index (χ4v) is 7.44. The Morgan fingerprint density at radius 2 is 1.97 bits per heavy atom. The van der Waals surface area contributed by atoms with Crippen LogP contribution < -0.4 is 0 Å². The van der Waals surface area contributed by atoms with Crippen molar-refractivity contribution in [3.63, 3.8) is 0 Å². The predicted octanol–water partition coefficient (Wildman–Crippen LogP) is 3.09. The number of halogens is 3. The normalized spacial score (nSPS) is 53.7. The maximum atomic E-state index is 16.9. The summed E-state index contributed by atoms with van der Waals surface area (Å²) < 4.78 is 32.1. The Kier molecular flexibility index (Phi) is 4.52. The quantitative estimate of drug-likeness (QED) is 0.663. The highest BCUT2D eigenvalue weighted by atomic mass is 35.5. The van der Waals surface area contributed by atoms with Crippen molar-refractivity contribution >= 4 is 23.2 Å². The number of Topliss-reactive ketones (excluding diaryl/α,β-unsaturated/α-hetero) is 1. The van der Waals surface area contributed by atoms with Gasteiger partial charge in [0, 0.05) is 16.7 Å². The van der Waals surface area contributed by atoms with E-state index in [-0.39, 0.29) is 24.3 Å². The van der Waals surface area contributed by atoms with Crippen LogP contribution in [0.3, 0.4) is 0 Å². The van der Waals surface area contributed by atoms with E-state index in [9.17, 15) is 19.8 Å². The van der Waals surface area contributed by atoms with Crippen LogP contribution in [0, 0.1) is 28.6 Å². The zero-order chi connectivity index (χ0) is 21.6. The molecule has 4 rings (SSSR count). The van der Waals surface area contributed by atoms with Crippen molar-refractivity contribution in [2.45, 2.75) is 63.6 Å². The Hall–Kier alpha value is -1.11. The van der Waals surface area contributed by atoms with Crippen LogP contribution in [0.2, 0.25) is 0 Å². The van der Waals surface area contributed by atoms with E-state index in [0.29, 0.717) is 6.42 Å². The topological polar surface area (TPSA) is 74.6 Å². The number of alkyl halides is 3. The van der Waals surface area contributed by atoms with Crippen LogP contribution in [0.5, 0.6) is 0 Å². The SMILES string of the molecule is C[C@H]1C[C@H]2[C@@H]3C[C@H](F)C4=CC(=O)C=C[C@]4(C)[C@@]3(F)[C@@H](O)C[C@]2(C)[C@@]1(O)C(=O)CCl. The molecule has 7 heteroatoms. The van der Waals surface area contributed by atoms with E-state index in [0.717, 1.165) is 6.08 Å². The summed E-state index contributed by atoms with van der Waals surface area (Å²) in [4.78, 5) is 24.5. The molecule has 160 valence electrons.